The van der Waals surface area contributed by atoms with E-state index in [1.54, 1.807) is 20.8 Å². The first-order chi connectivity index (χ1) is 8.95. The molecule has 2 amide bonds. The lowest BCUT2D eigenvalue weighted by Gasteiger charge is -2.41. The van der Waals surface area contributed by atoms with E-state index in [2.05, 4.69) is 5.32 Å². The van der Waals surface area contributed by atoms with Gasteiger partial charge in [0.05, 0.1) is 10.7 Å². The van der Waals surface area contributed by atoms with Crippen LogP contribution in [0.25, 0.3) is 0 Å². The lowest BCUT2D eigenvalue weighted by Crippen LogP contribution is -2.58. The van der Waals surface area contributed by atoms with Crippen LogP contribution in [-0.4, -0.2) is 61.1 Å². The number of likely N-dealkylation sites (tertiary alicyclic amines) is 1. The summed E-state index contributed by atoms with van der Waals surface area (Å²) in [6.07, 6.45) is 1.13. The minimum atomic E-state index is -3.26. The molecule has 116 valence electrons. The molecular formula is C12H22N2O5S. The fourth-order valence-corrected chi connectivity index (χ4v) is 2.06. The molecule has 1 unspecified atom stereocenters. The number of aliphatic carboxylic acids is 1. The Balaban J connectivity index is 2.43. The molecule has 0 bridgehead atoms. The number of carboxylic acids is 1. The Kier molecular flexibility index (Phi) is 4.68. The van der Waals surface area contributed by atoms with Gasteiger partial charge in [0.1, 0.15) is 0 Å². The highest BCUT2D eigenvalue weighted by Crippen LogP contribution is 2.24. The van der Waals surface area contributed by atoms with Crippen molar-refractivity contribution in [1.82, 2.24) is 10.2 Å². The third-order valence-corrected chi connectivity index (χ3v) is 6.11. The topological polar surface area (TPSA) is 104 Å². The molecule has 0 saturated carbocycles. The second-order valence-corrected chi connectivity index (χ2v) is 8.63. The Morgan fingerprint density at radius 3 is 2.30 bits per heavy atom. The Bertz CT molecular complexity index is 494. The second kappa shape index (κ2) is 5.59. The molecule has 1 fully saturated rings. The van der Waals surface area contributed by atoms with Gasteiger partial charge in [0.2, 0.25) is 0 Å². The van der Waals surface area contributed by atoms with Crippen LogP contribution in [0.15, 0.2) is 0 Å². The highest BCUT2D eigenvalue weighted by molar-refractivity contribution is 7.92. The van der Waals surface area contributed by atoms with Crippen LogP contribution in [0.3, 0.4) is 0 Å². The first-order valence-electron chi connectivity index (χ1n) is 6.41. The van der Waals surface area contributed by atoms with Gasteiger partial charge < -0.3 is 15.3 Å². The molecule has 0 aliphatic carbocycles. The Morgan fingerprint density at radius 2 is 1.90 bits per heavy atom. The van der Waals surface area contributed by atoms with Crippen LogP contribution < -0.4 is 5.32 Å². The van der Waals surface area contributed by atoms with Crippen molar-refractivity contribution in [3.63, 3.8) is 0 Å². The van der Waals surface area contributed by atoms with E-state index in [-0.39, 0.29) is 18.5 Å². The van der Waals surface area contributed by atoms with Gasteiger partial charge in [-0.05, 0) is 13.8 Å². The minimum absolute atomic E-state index is 0.0281. The number of nitrogens with one attached hydrogen (secondary N) is 1. The maximum Gasteiger partial charge on any atom is 0.317 e. The van der Waals surface area contributed by atoms with E-state index in [0.29, 0.717) is 13.1 Å². The number of carbonyl (C=O) groups is 2. The summed E-state index contributed by atoms with van der Waals surface area (Å²) < 4.78 is 22.0. The molecule has 0 aromatic rings. The van der Waals surface area contributed by atoms with Gasteiger partial charge in [-0.1, -0.05) is 6.92 Å². The van der Waals surface area contributed by atoms with Crippen molar-refractivity contribution in [2.75, 3.05) is 25.9 Å². The van der Waals surface area contributed by atoms with Gasteiger partial charge >= 0.3 is 12.0 Å². The van der Waals surface area contributed by atoms with Crippen molar-refractivity contribution in [1.29, 1.82) is 0 Å². The lowest BCUT2D eigenvalue weighted by molar-refractivity contribution is -0.144. The van der Waals surface area contributed by atoms with Gasteiger partial charge in [0.15, 0.2) is 9.84 Å². The summed E-state index contributed by atoms with van der Waals surface area (Å²) in [5.41, 5.74) is 0. The lowest BCUT2D eigenvalue weighted by atomic mass is 9.87. The average molecular weight is 306 g/mol. The Morgan fingerprint density at radius 1 is 1.40 bits per heavy atom. The summed E-state index contributed by atoms with van der Waals surface area (Å²) in [5.74, 6) is -1.39. The predicted molar refractivity (Wildman–Crippen MR) is 74.2 cm³/mol. The van der Waals surface area contributed by atoms with Crippen molar-refractivity contribution >= 4 is 21.8 Å². The third-order valence-electron chi connectivity index (χ3n) is 3.96. The van der Waals surface area contributed by atoms with Crippen LogP contribution in [0, 0.1) is 11.8 Å². The molecular weight excluding hydrogens is 284 g/mol. The van der Waals surface area contributed by atoms with Crippen LogP contribution >= 0.6 is 0 Å². The number of amides is 2. The average Bonchev–Trinajstić information content (AvgIpc) is 2.22. The SMILES string of the molecule is CC(C(=O)O)C1CN(C(=O)NCC(C)(C)S(C)(=O)=O)C1. The normalized spacial score (nSPS) is 18.3. The van der Waals surface area contributed by atoms with E-state index >= 15 is 0 Å². The number of carbonyl (C=O) groups excluding carboxylic acids is 1. The molecule has 1 rings (SSSR count). The zero-order chi connectivity index (χ0) is 15.7. The molecule has 1 aliphatic heterocycles. The number of urea groups is 1. The molecule has 1 saturated heterocycles. The zero-order valence-electron chi connectivity index (χ0n) is 12.2. The largest absolute Gasteiger partial charge is 0.481 e. The maximum absolute atomic E-state index is 11.8. The third kappa shape index (κ3) is 3.62. The highest BCUT2D eigenvalue weighted by atomic mass is 32.2. The first kappa shape index (κ1) is 16.7. The molecule has 20 heavy (non-hydrogen) atoms. The summed E-state index contributed by atoms with van der Waals surface area (Å²) in [6.45, 7) is 5.52. The first-order valence-corrected chi connectivity index (χ1v) is 8.30. The number of carboxylic acid groups (broad SMARTS) is 1. The molecule has 8 heteroatoms. The van der Waals surface area contributed by atoms with Gasteiger partial charge in [-0.15, -0.1) is 0 Å². The molecule has 7 nitrogen and oxygen atoms in total. The van der Waals surface area contributed by atoms with Crippen LogP contribution in [-0.2, 0) is 14.6 Å². The molecule has 0 radical (unpaired) electrons. The smallest absolute Gasteiger partial charge is 0.317 e. The summed E-state index contributed by atoms with van der Waals surface area (Å²) in [7, 11) is -3.26. The van der Waals surface area contributed by atoms with Gasteiger partial charge in [-0.2, -0.15) is 0 Å². The number of nitrogens with zero attached hydrogens (tertiary/aromatic N) is 1. The van der Waals surface area contributed by atoms with E-state index in [0.717, 1.165) is 6.26 Å². The maximum atomic E-state index is 11.8. The summed E-state index contributed by atoms with van der Waals surface area (Å²) in [5, 5.41) is 11.4. The van der Waals surface area contributed by atoms with Crippen LogP contribution in [0.2, 0.25) is 0 Å². The second-order valence-electron chi connectivity index (χ2n) is 5.98. The van der Waals surface area contributed by atoms with Crippen LogP contribution in [0.1, 0.15) is 20.8 Å². The summed E-state index contributed by atoms with van der Waals surface area (Å²) in [4.78, 5) is 24.1. The molecule has 1 aliphatic rings. The number of sulfone groups is 1. The van der Waals surface area contributed by atoms with Crippen molar-refractivity contribution in [3.8, 4) is 0 Å². The fraction of sp³-hybridized carbons (Fsp3) is 0.833. The highest BCUT2D eigenvalue weighted by Gasteiger charge is 2.38. The fourth-order valence-electron chi connectivity index (χ4n) is 1.73. The van der Waals surface area contributed by atoms with Gasteiger partial charge in [-0.25, -0.2) is 13.2 Å². The predicted octanol–water partition coefficient (Wildman–Crippen LogP) is 0.172. The molecule has 0 spiro atoms. The van der Waals surface area contributed by atoms with Crippen molar-refractivity contribution in [2.45, 2.75) is 25.5 Å². The molecule has 1 atom stereocenters. The molecule has 0 aromatic carbocycles. The van der Waals surface area contributed by atoms with Crippen LogP contribution in [0.5, 0.6) is 0 Å². The van der Waals surface area contributed by atoms with E-state index in [1.807, 2.05) is 0 Å². The van der Waals surface area contributed by atoms with E-state index in [9.17, 15) is 18.0 Å². The van der Waals surface area contributed by atoms with Gasteiger partial charge in [-0.3, -0.25) is 4.79 Å². The van der Waals surface area contributed by atoms with Crippen molar-refractivity contribution in [2.24, 2.45) is 11.8 Å². The van der Waals surface area contributed by atoms with Crippen molar-refractivity contribution in [3.05, 3.63) is 0 Å². The summed E-state index contributed by atoms with van der Waals surface area (Å²) in [6, 6.07) is -0.351. The van der Waals surface area contributed by atoms with Crippen molar-refractivity contribution < 1.29 is 23.1 Å². The van der Waals surface area contributed by atoms with E-state index in [1.165, 1.54) is 4.90 Å². The Labute approximate surface area is 119 Å². The number of hydrogen-bond acceptors (Lipinski definition) is 4. The number of rotatable bonds is 5. The number of hydrogen-bond donors (Lipinski definition) is 2. The quantitative estimate of drug-likeness (QED) is 0.753. The van der Waals surface area contributed by atoms with Crippen LogP contribution in [0.4, 0.5) is 4.79 Å². The zero-order valence-corrected chi connectivity index (χ0v) is 13.0. The van der Waals surface area contributed by atoms with E-state index < -0.39 is 26.5 Å². The van der Waals surface area contributed by atoms with Gasteiger partial charge in [0.25, 0.3) is 0 Å². The molecule has 2 N–H and O–H groups in total. The summed E-state index contributed by atoms with van der Waals surface area (Å²) >= 11 is 0. The monoisotopic (exact) mass is 306 g/mol. The molecule has 0 aromatic heterocycles. The van der Waals surface area contributed by atoms with E-state index in [4.69, 9.17) is 5.11 Å². The minimum Gasteiger partial charge on any atom is -0.481 e. The van der Waals surface area contributed by atoms with Gasteiger partial charge in [0, 0.05) is 31.8 Å². The standard InChI is InChI=1S/C12H22N2O5S/c1-8(10(15)16)9-5-14(6-9)11(17)13-7-12(2,3)20(4,18)19/h8-9H,5-7H2,1-4H3,(H,13,17)(H,15,16). The Hall–Kier alpha value is -1.31. The molecule has 1 heterocycles.